The van der Waals surface area contributed by atoms with Crippen LogP contribution in [0.15, 0.2) is 18.2 Å². The molecule has 2 N–H and O–H groups in total. The quantitative estimate of drug-likeness (QED) is 0.894. The molecule has 0 aliphatic carbocycles. The molecule has 1 aromatic rings. The third-order valence-corrected chi connectivity index (χ3v) is 3.82. The molecule has 1 fully saturated rings. The van der Waals surface area contributed by atoms with Crippen LogP contribution in [0.1, 0.15) is 18.4 Å². The number of hydrogen-bond donors (Lipinski definition) is 2. The van der Waals surface area contributed by atoms with Gasteiger partial charge in [-0.3, -0.25) is 4.79 Å². The van der Waals surface area contributed by atoms with Gasteiger partial charge in [0, 0.05) is 16.6 Å². The summed E-state index contributed by atoms with van der Waals surface area (Å²) in [6.45, 7) is 1.48. The zero-order valence-electron chi connectivity index (χ0n) is 10.4. The number of carbonyl (C=O) groups is 1. The smallest absolute Gasteiger partial charge is 0.237 e. The van der Waals surface area contributed by atoms with Gasteiger partial charge in [-0.2, -0.15) is 0 Å². The fourth-order valence-corrected chi connectivity index (χ4v) is 2.70. The molecule has 1 amide bonds. The highest BCUT2D eigenvalue weighted by Gasteiger charge is 2.21. The second kappa shape index (κ2) is 7.95. The predicted molar refractivity (Wildman–Crippen MR) is 81.4 cm³/mol. The molecule has 0 spiro atoms. The Hall–Kier alpha value is -0.480. The van der Waals surface area contributed by atoms with Gasteiger partial charge in [-0.05, 0) is 43.5 Å². The number of amides is 1. The summed E-state index contributed by atoms with van der Waals surface area (Å²) in [5.41, 5.74) is 0.889. The van der Waals surface area contributed by atoms with Crippen LogP contribution in [-0.2, 0) is 11.2 Å². The fraction of sp³-hybridized carbons (Fsp3) is 0.462. The van der Waals surface area contributed by atoms with E-state index in [-0.39, 0.29) is 24.4 Å². The molecule has 1 aliphatic heterocycles. The van der Waals surface area contributed by atoms with E-state index in [1.807, 2.05) is 18.2 Å². The van der Waals surface area contributed by atoms with Crippen molar-refractivity contribution in [2.24, 2.45) is 0 Å². The molecule has 0 saturated carbocycles. The van der Waals surface area contributed by atoms with E-state index in [1.54, 1.807) is 0 Å². The van der Waals surface area contributed by atoms with Crippen molar-refractivity contribution in [2.75, 3.05) is 13.1 Å². The summed E-state index contributed by atoms with van der Waals surface area (Å²) in [6.07, 6.45) is 2.63. The maximum absolute atomic E-state index is 11.8. The lowest BCUT2D eigenvalue weighted by atomic mass is 10.1. The van der Waals surface area contributed by atoms with Crippen LogP contribution in [0, 0.1) is 0 Å². The van der Waals surface area contributed by atoms with Gasteiger partial charge in [0.1, 0.15) is 0 Å². The van der Waals surface area contributed by atoms with Crippen LogP contribution >= 0.6 is 35.6 Å². The van der Waals surface area contributed by atoms with Crippen molar-refractivity contribution in [1.82, 2.24) is 10.6 Å². The molecule has 19 heavy (non-hydrogen) atoms. The lowest BCUT2D eigenvalue weighted by Crippen LogP contribution is -2.41. The highest BCUT2D eigenvalue weighted by atomic mass is 35.5. The first kappa shape index (κ1) is 16.6. The molecular weight excluding hydrogens is 307 g/mol. The molecule has 2 rings (SSSR count). The molecule has 0 radical (unpaired) electrons. The van der Waals surface area contributed by atoms with Crippen LogP contribution in [0.4, 0.5) is 0 Å². The molecule has 1 aliphatic rings. The van der Waals surface area contributed by atoms with Gasteiger partial charge in [0.15, 0.2) is 0 Å². The molecule has 1 atom stereocenters. The summed E-state index contributed by atoms with van der Waals surface area (Å²) in [6, 6.07) is 5.40. The predicted octanol–water partition coefficient (Wildman–Crippen LogP) is 2.83. The van der Waals surface area contributed by atoms with E-state index in [0.717, 1.165) is 24.9 Å². The van der Waals surface area contributed by atoms with Crippen molar-refractivity contribution < 1.29 is 4.79 Å². The van der Waals surface area contributed by atoms with Crippen molar-refractivity contribution in [3.8, 4) is 0 Å². The summed E-state index contributed by atoms with van der Waals surface area (Å²) in [5, 5.41) is 7.37. The van der Waals surface area contributed by atoms with Crippen LogP contribution in [0.5, 0.6) is 0 Å². The van der Waals surface area contributed by atoms with Gasteiger partial charge in [0.05, 0.1) is 6.04 Å². The third kappa shape index (κ3) is 4.53. The number of hydrogen-bond acceptors (Lipinski definition) is 2. The van der Waals surface area contributed by atoms with Gasteiger partial charge in [-0.1, -0.05) is 29.3 Å². The zero-order chi connectivity index (χ0) is 13.0. The lowest BCUT2D eigenvalue weighted by Gasteiger charge is -2.12. The maximum Gasteiger partial charge on any atom is 0.237 e. The van der Waals surface area contributed by atoms with Crippen molar-refractivity contribution in [3.63, 3.8) is 0 Å². The van der Waals surface area contributed by atoms with Crippen LogP contribution in [0.25, 0.3) is 0 Å². The van der Waals surface area contributed by atoms with Crippen LogP contribution in [0.3, 0.4) is 0 Å². The second-order valence-corrected chi connectivity index (χ2v) is 5.20. The summed E-state index contributed by atoms with van der Waals surface area (Å²) in [4.78, 5) is 11.8. The standard InChI is InChI=1S/C13H16Cl2N2O.ClH/c14-10-3-1-4-11(15)9(10)6-8-17-13(18)12-5-2-7-16-12;/h1,3-4,12,16H,2,5-8H2,(H,17,18);1H. The molecule has 0 aromatic heterocycles. The maximum atomic E-state index is 11.8. The van der Waals surface area contributed by atoms with E-state index in [1.165, 1.54) is 0 Å². The summed E-state index contributed by atoms with van der Waals surface area (Å²) in [7, 11) is 0. The van der Waals surface area contributed by atoms with Crippen molar-refractivity contribution in [1.29, 1.82) is 0 Å². The monoisotopic (exact) mass is 322 g/mol. The average Bonchev–Trinajstić information content (AvgIpc) is 2.86. The molecule has 1 heterocycles. The summed E-state index contributed by atoms with van der Waals surface area (Å²) < 4.78 is 0. The van der Waals surface area contributed by atoms with Crippen molar-refractivity contribution in [3.05, 3.63) is 33.8 Å². The minimum absolute atomic E-state index is 0. The van der Waals surface area contributed by atoms with E-state index in [2.05, 4.69) is 10.6 Å². The Balaban J connectivity index is 0.00000180. The number of benzene rings is 1. The molecule has 0 bridgehead atoms. The topological polar surface area (TPSA) is 41.1 Å². The molecule has 1 aromatic carbocycles. The Morgan fingerprint density at radius 3 is 2.63 bits per heavy atom. The van der Waals surface area contributed by atoms with E-state index in [4.69, 9.17) is 23.2 Å². The van der Waals surface area contributed by atoms with Gasteiger partial charge < -0.3 is 10.6 Å². The van der Waals surface area contributed by atoms with E-state index < -0.39 is 0 Å². The summed E-state index contributed by atoms with van der Waals surface area (Å²) in [5.74, 6) is 0.0654. The van der Waals surface area contributed by atoms with Crippen LogP contribution < -0.4 is 10.6 Å². The SMILES string of the molecule is Cl.O=C(NCCc1c(Cl)cccc1Cl)C1CCCN1. The normalized spacial score (nSPS) is 17.9. The number of rotatable bonds is 4. The fourth-order valence-electron chi connectivity index (χ4n) is 2.11. The molecule has 106 valence electrons. The Labute approximate surface area is 129 Å². The molecule has 3 nitrogen and oxygen atoms in total. The average molecular weight is 324 g/mol. The van der Waals surface area contributed by atoms with Gasteiger partial charge in [0.2, 0.25) is 5.91 Å². The summed E-state index contributed by atoms with van der Waals surface area (Å²) >= 11 is 12.1. The number of carbonyl (C=O) groups excluding carboxylic acids is 1. The van der Waals surface area contributed by atoms with Crippen molar-refractivity contribution >= 4 is 41.5 Å². The Kier molecular flexibility index (Phi) is 6.94. The Morgan fingerprint density at radius 1 is 1.37 bits per heavy atom. The molecular formula is C13H17Cl3N2O. The lowest BCUT2D eigenvalue weighted by molar-refractivity contribution is -0.122. The molecule has 6 heteroatoms. The van der Waals surface area contributed by atoms with E-state index in [0.29, 0.717) is 23.0 Å². The second-order valence-electron chi connectivity index (χ2n) is 4.39. The first-order valence-electron chi connectivity index (χ1n) is 6.12. The van der Waals surface area contributed by atoms with Crippen LogP contribution in [0.2, 0.25) is 10.0 Å². The largest absolute Gasteiger partial charge is 0.354 e. The van der Waals surface area contributed by atoms with E-state index in [9.17, 15) is 4.79 Å². The van der Waals surface area contributed by atoms with Gasteiger partial charge in [-0.25, -0.2) is 0 Å². The van der Waals surface area contributed by atoms with E-state index >= 15 is 0 Å². The highest BCUT2D eigenvalue weighted by Crippen LogP contribution is 2.24. The minimum atomic E-state index is -0.0354. The van der Waals surface area contributed by atoms with Gasteiger partial charge >= 0.3 is 0 Å². The zero-order valence-corrected chi connectivity index (χ0v) is 12.7. The van der Waals surface area contributed by atoms with Crippen molar-refractivity contribution in [2.45, 2.75) is 25.3 Å². The van der Waals surface area contributed by atoms with Gasteiger partial charge in [0.25, 0.3) is 0 Å². The first-order chi connectivity index (χ1) is 8.68. The molecule has 1 unspecified atom stereocenters. The first-order valence-corrected chi connectivity index (χ1v) is 6.88. The molecule has 1 saturated heterocycles. The number of halogens is 3. The number of nitrogens with one attached hydrogen (secondary N) is 2. The Bertz CT molecular complexity index is 414. The Morgan fingerprint density at radius 2 is 2.05 bits per heavy atom. The minimum Gasteiger partial charge on any atom is -0.354 e. The third-order valence-electron chi connectivity index (χ3n) is 3.11. The van der Waals surface area contributed by atoms with Crippen LogP contribution in [-0.4, -0.2) is 25.0 Å². The highest BCUT2D eigenvalue weighted by molar-refractivity contribution is 6.35. The van der Waals surface area contributed by atoms with Gasteiger partial charge in [-0.15, -0.1) is 12.4 Å².